The first kappa shape index (κ1) is 22.4. The summed E-state index contributed by atoms with van der Waals surface area (Å²) in [6.07, 6.45) is 0. The van der Waals surface area contributed by atoms with Gasteiger partial charge >= 0.3 is 0 Å². The molecule has 0 aromatic heterocycles. The molecule has 0 saturated carbocycles. The van der Waals surface area contributed by atoms with Crippen LogP contribution < -0.4 is 5.32 Å². The monoisotopic (exact) mass is 486 g/mol. The van der Waals surface area contributed by atoms with E-state index in [2.05, 4.69) is 72.1 Å². The van der Waals surface area contributed by atoms with Crippen molar-refractivity contribution in [3.05, 3.63) is 35.4 Å². The second kappa shape index (κ2) is 9.09. The van der Waals surface area contributed by atoms with Gasteiger partial charge in [-0.05, 0) is 25.0 Å². The number of nitrogens with zero attached hydrogens (tertiary/aromatic N) is 3. The Labute approximate surface area is 181 Å². The molecule has 2 saturated heterocycles. The Balaban J connectivity index is 0.00000261. The van der Waals surface area contributed by atoms with E-state index >= 15 is 0 Å². The highest BCUT2D eigenvalue weighted by Crippen LogP contribution is 2.46. The SMILES string of the molecule is CN=C(NCc1ccccc1CN1CCOCC1)N1CC(C)(C)C1(C)C.I. The number of aliphatic imine (C=N–C) groups is 1. The van der Waals surface area contributed by atoms with E-state index in [1.165, 1.54) is 11.1 Å². The topological polar surface area (TPSA) is 40.1 Å². The zero-order chi connectivity index (χ0) is 18.8. The Bertz CT molecular complexity index is 653. The Kier molecular flexibility index (Phi) is 7.55. The summed E-state index contributed by atoms with van der Waals surface area (Å²) in [6, 6.07) is 8.72. The van der Waals surface area contributed by atoms with Crippen LogP contribution in [0.25, 0.3) is 0 Å². The van der Waals surface area contributed by atoms with Gasteiger partial charge in [0, 0.05) is 50.7 Å². The van der Waals surface area contributed by atoms with E-state index in [1.54, 1.807) is 0 Å². The van der Waals surface area contributed by atoms with Gasteiger partial charge in [0.25, 0.3) is 0 Å². The number of rotatable bonds is 4. The minimum absolute atomic E-state index is 0. The molecule has 5 nitrogen and oxygen atoms in total. The predicted octanol–water partition coefficient (Wildman–Crippen LogP) is 3.33. The molecule has 3 rings (SSSR count). The molecule has 0 atom stereocenters. The summed E-state index contributed by atoms with van der Waals surface area (Å²) >= 11 is 0. The fourth-order valence-corrected chi connectivity index (χ4v) is 3.75. The fourth-order valence-electron chi connectivity index (χ4n) is 3.75. The summed E-state index contributed by atoms with van der Waals surface area (Å²) in [4.78, 5) is 9.39. The number of ether oxygens (including phenoxy) is 1. The third kappa shape index (κ3) is 4.77. The molecular weight excluding hydrogens is 451 g/mol. The molecule has 0 spiro atoms. The largest absolute Gasteiger partial charge is 0.379 e. The first-order chi connectivity index (χ1) is 12.3. The number of benzene rings is 1. The van der Waals surface area contributed by atoms with Crippen molar-refractivity contribution in [1.82, 2.24) is 15.1 Å². The van der Waals surface area contributed by atoms with E-state index in [0.717, 1.165) is 51.9 Å². The molecule has 1 aromatic carbocycles. The van der Waals surface area contributed by atoms with Crippen molar-refractivity contribution >= 4 is 29.9 Å². The van der Waals surface area contributed by atoms with Crippen LogP contribution in [-0.4, -0.2) is 61.2 Å². The van der Waals surface area contributed by atoms with Crippen molar-refractivity contribution in [3.8, 4) is 0 Å². The molecule has 2 aliphatic rings. The molecule has 27 heavy (non-hydrogen) atoms. The fraction of sp³-hybridized carbons (Fsp3) is 0.667. The molecule has 0 unspecified atom stereocenters. The molecule has 0 bridgehead atoms. The van der Waals surface area contributed by atoms with Crippen LogP contribution in [-0.2, 0) is 17.8 Å². The Morgan fingerprint density at radius 1 is 1.11 bits per heavy atom. The first-order valence-corrected chi connectivity index (χ1v) is 9.70. The number of hydrogen-bond acceptors (Lipinski definition) is 3. The zero-order valence-electron chi connectivity index (χ0n) is 17.4. The lowest BCUT2D eigenvalue weighted by Gasteiger charge is -2.62. The molecule has 0 aliphatic carbocycles. The van der Waals surface area contributed by atoms with Crippen molar-refractivity contribution in [2.24, 2.45) is 10.4 Å². The van der Waals surface area contributed by atoms with Crippen LogP contribution in [0.3, 0.4) is 0 Å². The molecule has 152 valence electrons. The van der Waals surface area contributed by atoms with Gasteiger partial charge < -0.3 is 15.0 Å². The summed E-state index contributed by atoms with van der Waals surface area (Å²) in [5, 5.41) is 3.59. The highest BCUT2D eigenvalue weighted by atomic mass is 127. The van der Waals surface area contributed by atoms with E-state index in [4.69, 9.17) is 4.74 Å². The Morgan fingerprint density at radius 2 is 1.74 bits per heavy atom. The van der Waals surface area contributed by atoms with Crippen LogP contribution in [0.2, 0.25) is 0 Å². The second-order valence-corrected chi connectivity index (χ2v) is 8.59. The molecule has 2 fully saturated rings. The lowest BCUT2D eigenvalue weighted by Crippen LogP contribution is -2.72. The maximum absolute atomic E-state index is 5.47. The predicted molar refractivity (Wildman–Crippen MR) is 123 cm³/mol. The summed E-state index contributed by atoms with van der Waals surface area (Å²) in [6.45, 7) is 15.8. The van der Waals surface area contributed by atoms with Gasteiger partial charge in [0.05, 0.1) is 13.2 Å². The average Bonchev–Trinajstić information content (AvgIpc) is 2.63. The molecular formula is C21H35IN4O. The van der Waals surface area contributed by atoms with Gasteiger partial charge in [-0.1, -0.05) is 38.1 Å². The van der Waals surface area contributed by atoms with Gasteiger partial charge in [-0.15, -0.1) is 24.0 Å². The smallest absolute Gasteiger partial charge is 0.194 e. The van der Waals surface area contributed by atoms with E-state index in [9.17, 15) is 0 Å². The van der Waals surface area contributed by atoms with Crippen LogP contribution >= 0.6 is 24.0 Å². The third-order valence-corrected chi connectivity index (χ3v) is 6.40. The number of nitrogens with one attached hydrogen (secondary N) is 1. The van der Waals surface area contributed by atoms with Crippen LogP contribution in [0.4, 0.5) is 0 Å². The van der Waals surface area contributed by atoms with Crippen LogP contribution in [0.5, 0.6) is 0 Å². The lowest BCUT2D eigenvalue weighted by molar-refractivity contribution is -0.0668. The molecule has 0 amide bonds. The van der Waals surface area contributed by atoms with Gasteiger partial charge in [0.2, 0.25) is 0 Å². The summed E-state index contributed by atoms with van der Waals surface area (Å²) in [7, 11) is 1.88. The summed E-state index contributed by atoms with van der Waals surface area (Å²) in [5.41, 5.74) is 3.15. The van der Waals surface area contributed by atoms with E-state index in [0.29, 0.717) is 5.41 Å². The van der Waals surface area contributed by atoms with Gasteiger partial charge in [0.15, 0.2) is 5.96 Å². The molecule has 2 aliphatic heterocycles. The van der Waals surface area contributed by atoms with Crippen molar-refractivity contribution in [1.29, 1.82) is 0 Å². The number of morpholine rings is 1. The minimum Gasteiger partial charge on any atom is -0.379 e. The van der Waals surface area contributed by atoms with Crippen molar-refractivity contribution in [2.75, 3.05) is 39.9 Å². The lowest BCUT2D eigenvalue weighted by atomic mass is 9.65. The van der Waals surface area contributed by atoms with Crippen LogP contribution in [0, 0.1) is 5.41 Å². The molecule has 2 heterocycles. The van der Waals surface area contributed by atoms with E-state index in [1.807, 2.05) is 7.05 Å². The van der Waals surface area contributed by atoms with Crippen molar-refractivity contribution < 1.29 is 4.74 Å². The van der Waals surface area contributed by atoms with Gasteiger partial charge in [-0.2, -0.15) is 0 Å². The van der Waals surface area contributed by atoms with Gasteiger partial charge in [0.1, 0.15) is 0 Å². The first-order valence-electron chi connectivity index (χ1n) is 9.70. The Morgan fingerprint density at radius 3 is 2.30 bits per heavy atom. The molecule has 6 heteroatoms. The molecule has 1 N–H and O–H groups in total. The Hall–Kier alpha value is -0.860. The maximum atomic E-state index is 5.47. The van der Waals surface area contributed by atoms with Crippen LogP contribution in [0.1, 0.15) is 38.8 Å². The zero-order valence-corrected chi connectivity index (χ0v) is 19.7. The number of hydrogen-bond donors (Lipinski definition) is 1. The summed E-state index contributed by atoms with van der Waals surface area (Å²) < 4.78 is 5.47. The number of likely N-dealkylation sites (tertiary alicyclic amines) is 1. The van der Waals surface area contributed by atoms with Crippen LogP contribution in [0.15, 0.2) is 29.3 Å². The van der Waals surface area contributed by atoms with Gasteiger partial charge in [-0.3, -0.25) is 9.89 Å². The summed E-state index contributed by atoms with van der Waals surface area (Å²) in [5.74, 6) is 0.996. The maximum Gasteiger partial charge on any atom is 0.194 e. The highest BCUT2D eigenvalue weighted by molar-refractivity contribution is 14.0. The normalized spacial score (nSPS) is 22.0. The average molecular weight is 486 g/mol. The van der Waals surface area contributed by atoms with E-state index < -0.39 is 0 Å². The van der Waals surface area contributed by atoms with Gasteiger partial charge in [-0.25, -0.2) is 0 Å². The minimum atomic E-state index is 0. The van der Waals surface area contributed by atoms with Crippen molar-refractivity contribution in [3.63, 3.8) is 0 Å². The third-order valence-electron chi connectivity index (χ3n) is 6.40. The number of halogens is 1. The molecule has 1 aromatic rings. The number of guanidine groups is 1. The highest BCUT2D eigenvalue weighted by Gasteiger charge is 2.53. The molecule has 0 radical (unpaired) electrons. The second-order valence-electron chi connectivity index (χ2n) is 8.59. The quantitative estimate of drug-likeness (QED) is 0.403. The standard InChI is InChI=1S/C21H34N4O.HI/c1-20(2)16-25(21(20,3)4)19(22-5)23-14-17-8-6-7-9-18(17)15-24-10-12-26-13-11-24;/h6-9H,10-16H2,1-5H3,(H,22,23);1H. The van der Waals surface area contributed by atoms with E-state index in [-0.39, 0.29) is 29.5 Å². The van der Waals surface area contributed by atoms with Crippen molar-refractivity contribution in [2.45, 2.75) is 46.3 Å².